The van der Waals surface area contributed by atoms with E-state index >= 15 is 0 Å². The molecule has 2 amide bonds. The highest BCUT2D eigenvalue weighted by Crippen LogP contribution is 2.45. The van der Waals surface area contributed by atoms with Crippen molar-refractivity contribution in [1.29, 1.82) is 0 Å². The highest BCUT2D eigenvalue weighted by molar-refractivity contribution is 5.94. The summed E-state index contributed by atoms with van der Waals surface area (Å²) in [5.74, 6) is 0.237. The van der Waals surface area contributed by atoms with E-state index in [1.807, 2.05) is 42.7 Å². The van der Waals surface area contributed by atoms with E-state index in [9.17, 15) is 9.59 Å². The highest BCUT2D eigenvalue weighted by Gasteiger charge is 2.52. The minimum Gasteiger partial charge on any atom is -0.384 e. The monoisotopic (exact) mass is 358 g/mol. The molecule has 2 heterocycles. The predicted octanol–water partition coefficient (Wildman–Crippen LogP) is 2.65. The number of nitrogens with zero attached hydrogens (tertiary/aromatic N) is 2. The van der Waals surface area contributed by atoms with Crippen molar-refractivity contribution < 1.29 is 14.3 Å². The van der Waals surface area contributed by atoms with Crippen LogP contribution in [0.1, 0.15) is 41.3 Å². The molecule has 5 heteroatoms. The molecule has 142 valence electrons. The Balaban J connectivity index is 1.73. The van der Waals surface area contributed by atoms with Gasteiger partial charge in [-0.1, -0.05) is 17.2 Å². The van der Waals surface area contributed by atoms with E-state index in [2.05, 4.69) is 6.07 Å². The van der Waals surface area contributed by atoms with Gasteiger partial charge in [-0.15, -0.1) is 0 Å². The number of ether oxygens (including phenoxy) is 1. The molecule has 0 unspecified atom stereocenters. The number of aryl methyl sites for hydroxylation is 2. The van der Waals surface area contributed by atoms with Crippen LogP contribution in [0.3, 0.4) is 0 Å². The van der Waals surface area contributed by atoms with E-state index < -0.39 is 0 Å². The van der Waals surface area contributed by atoms with Gasteiger partial charge in [0.05, 0.1) is 12.5 Å². The van der Waals surface area contributed by atoms with Crippen molar-refractivity contribution in [3.63, 3.8) is 0 Å². The number of benzene rings is 1. The van der Waals surface area contributed by atoms with E-state index in [4.69, 9.17) is 4.74 Å². The lowest BCUT2D eigenvalue weighted by Gasteiger charge is -2.41. The van der Waals surface area contributed by atoms with Crippen molar-refractivity contribution in [2.24, 2.45) is 11.3 Å². The van der Waals surface area contributed by atoms with Crippen molar-refractivity contribution in [2.45, 2.75) is 33.6 Å². The number of likely N-dealkylation sites (tertiary alicyclic amines) is 2. The van der Waals surface area contributed by atoms with Gasteiger partial charge >= 0.3 is 0 Å². The first-order chi connectivity index (χ1) is 12.4. The highest BCUT2D eigenvalue weighted by atomic mass is 16.5. The molecule has 0 aliphatic carbocycles. The molecule has 0 bridgehead atoms. The Morgan fingerprint density at radius 2 is 1.81 bits per heavy atom. The van der Waals surface area contributed by atoms with Crippen molar-refractivity contribution in [2.75, 3.05) is 39.9 Å². The van der Waals surface area contributed by atoms with Crippen LogP contribution in [0.25, 0.3) is 0 Å². The van der Waals surface area contributed by atoms with Gasteiger partial charge in [-0.05, 0) is 45.7 Å². The molecule has 5 nitrogen and oxygen atoms in total. The molecule has 2 fully saturated rings. The summed E-state index contributed by atoms with van der Waals surface area (Å²) >= 11 is 0. The number of piperidine rings is 1. The fourth-order valence-corrected chi connectivity index (χ4v) is 4.68. The third-order valence-corrected chi connectivity index (χ3v) is 6.08. The molecule has 0 radical (unpaired) electrons. The first-order valence-electron chi connectivity index (χ1n) is 9.55. The van der Waals surface area contributed by atoms with E-state index in [-0.39, 0.29) is 23.1 Å². The van der Waals surface area contributed by atoms with Crippen LogP contribution in [-0.4, -0.2) is 61.5 Å². The van der Waals surface area contributed by atoms with Gasteiger partial charge in [0.25, 0.3) is 5.91 Å². The largest absolute Gasteiger partial charge is 0.384 e. The number of amides is 2. The molecular formula is C21H30N2O3. The third kappa shape index (κ3) is 3.37. The zero-order chi connectivity index (χ0) is 18.9. The van der Waals surface area contributed by atoms with Crippen LogP contribution in [-0.2, 0) is 9.53 Å². The van der Waals surface area contributed by atoms with Gasteiger partial charge < -0.3 is 14.5 Å². The number of hydrogen-bond donors (Lipinski definition) is 0. The summed E-state index contributed by atoms with van der Waals surface area (Å²) < 4.78 is 5.36. The summed E-state index contributed by atoms with van der Waals surface area (Å²) in [4.78, 5) is 29.5. The van der Waals surface area contributed by atoms with E-state index in [0.717, 1.165) is 42.6 Å². The Morgan fingerprint density at radius 3 is 2.35 bits per heavy atom. The standard InChI is InChI=1S/C21H30N2O3/c1-5-22-14-21(18(13-26-4)20(22)25)6-8-23(9-7-21)19(24)17-11-15(2)10-16(3)12-17/h10-12,18H,5-9,13-14H2,1-4H3/t18-/m0/s1. The molecule has 1 aromatic carbocycles. The van der Waals surface area contributed by atoms with Crippen LogP contribution in [0.5, 0.6) is 0 Å². The van der Waals surface area contributed by atoms with Gasteiger partial charge in [-0.2, -0.15) is 0 Å². The minimum absolute atomic E-state index is 0.0532. The van der Waals surface area contributed by atoms with Gasteiger partial charge in [0.15, 0.2) is 0 Å². The Bertz CT molecular complexity index is 672. The molecule has 2 aliphatic rings. The topological polar surface area (TPSA) is 49.9 Å². The second-order valence-electron chi connectivity index (χ2n) is 7.89. The maximum Gasteiger partial charge on any atom is 0.253 e. The second-order valence-corrected chi connectivity index (χ2v) is 7.89. The second kappa shape index (κ2) is 7.39. The molecule has 2 saturated heterocycles. The van der Waals surface area contributed by atoms with Crippen LogP contribution in [0.4, 0.5) is 0 Å². The molecule has 0 N–H and O–H groups in total. The van der Waals surface area contributed by atoms with Crippen molar-refractivity contribution in [1.82, 2.24) is 9.80 Å². The summed E-state index contributed by atoms with van der Waals surface area (Å²) in [7, 11) is 1.66. The number of carbonyl (C=O) groups is 2. The molecule has 3 rings (SSSR count). The number of methoxy groups -OCH3 is 1. The lowest BCUT2D eigenvalue weighted by molar-refractivity contribution is -0.133. The maximum atomic E-state index is 12.9. The smallest absolute Gasteiger partial charge is 0.253 e. The number of rotatable bonds is 4. The van der Waals surface area contributed by atoms with Crippen molar-refractivity contribution in [3.05, 3.63) is 34.9 Å². The zero-order valence-electron chi connectivity index (χ0n) is 16.4. The SMILES string of the molecule is CCN1CC2(CCN(C(=O)c3cc(C)cc(C)c3)CC2)[C@@H](COC)C1=O. The number of hydrogen-bond acceptors (Lipinski definition) is 3. The quantitative estimate of drug-likeness (QED) is 0.831. The van der Waals surface area contributed by atoms with E-state index in [0.29, 0.717) is 19.7 Å². The van der Waals surface area contributed by atoms with Gasteiger partial charge in [-0.3, -0.25) is 9.59 Å². The zero-order valence-corrected chi connectivity index (χ0v) is 16.4. The summed E-state index contributed by atoms with van der Waals surface area (Å²) in [5.41, 5.74) is 2.94. The van der Waals surface area contributed by atoms with Crippen LogP contribution in [0.15, 0.2) is 18.2 Å². The molecule has 1 spiro atoms. The first-order valence-corrected chi connectivity index (χ1v) is 9.55. The van der Waals surface area contributed by atoms with Gasteiger partial charge in [-0.25, -0.2) is 0 Å². The van der Waals surface area contributed by atoms with Gasteiger partial charge in [0.2, 0.25) is 5.91 Å². The van der Waals surface area contributed by atoms with Crippen LogP contribution >= 0.6 is 0 Å². The third-order valence-electron chi connectivity index (χ3n) is 6.08. The predicted molar refractivity (Wildman–Crippen MR) is 101 cm³/mol. The Morgan fingerprint density at radius 1 is 1.19 bits per heavy atom. The summed E-state index contributed by atoms with van der Waals surface area (Å²) in [5, 5.41) is 0. The molecule has 1 aromatic rings. The van der Waals surface area contributed by atoms with Gasteiger partial charge in [0, 0.05) is 44.3 Å². The van der Waals surface area contributed by atoms with E-state index in [1.54, 1.807) is 7.11 Å². The summed E-state index contributed by atoms with van der Waals surface area (Å²) in [6, 6.07) is 6.01. The minimum atomic E-state index is -0.0779. The fourth-order valence-electron chi connectivity index (χ4n) is 4.68. The Labute approximate surface area is 156 Å². The average Bonchev–Trinajstić information content (AvgIpc) is 2.87. The number of carbonyl (C=O) groups excluding carboxylic acids is 2. The van der Waals surface area contributed by atoms with Gasteiger partial charge in [0.1, 0.15) is 0 Å². The van der Waals surface area contributed by atoms with Crippen LogP contribution in [0, 0.1) is 25.2 Å². The lowest BCUT2D eigenvalue weighted by atomic mass is 9.71. The lowest BCUT2D eigenvalue weighted by Crippen LogP contribution is -2.47. The van der Waals surface area contributed by atoms with Crippen LogP contribution in [0.2, 0.25) is 0 Å². The van der Waals surface area contributed by atoms with E-state index in [1.165, 1.54) is 0 Å². The average molecular weight is 358 g/mol. The molecular weight excluding hydrogens is 328 g/mol. The molecule has 1 atom stereocenters. The molecule has 26 heavy (non-hydrogen) atoms. The first kappa shape index (κ1) is 18.9. The van der Waals surface area contributed by atoms with Crippen molar-refractivity contribution >= 4 is 11.8 Å². The maximum absolute atomic E-state index is 12.9. The fraction of sp³-hybridized carbons (Fsp3) is 0.619. The summed E-state index contributed by atoms with van der Waals surface area (Å²) in [6.45, 7) is 9.49. The molecule has 0 aromatic heterocycles. The van der Waals surface area contributed by atoms with Crippen LogP contribution < -0.4 is 0 Å². The Hall–Kier alpha value is -1.88. The molecule has 0 saturated carbocycles. The molecule has 2 aliphatic heterocycles. The normalized spacial score (nSPS) is 22.3. The Kier molecular flexibility index (Phi) is 5.37. The summed E-state index contributed by atoms with van der Waals surface area (Å²) in [6.07, 6.45) is 1.72. The van der Waals surface area contributed by atoms with Crippen molar-refractivity contribution in [3.8, 4) is 0 Å².